The maximum Gasteiger partial charge on any atom is 0.129 e. The number of aryl methyl sites for hydroxylation is 1. The minimum absolute atomic E-state index is 0.209. The Labute approximate surface area is 126 Å². The molecule has 0 heterocycles. The van der Waals surface area contributed by atoms with Crippen LogP contribution in [-0.2, 0) is 5.54 Å². The van der Waals surface area contributed by atoms with Gasteiger partial charge in [-0.15, -0.1) is 0 Å². The van der Waals surface area contributed by atoms with Gasteiger partial charge in [-0.3, -0.25) is 0 Å². The van der Waals surface area contributed by atoms with Crippen LogP contribution in [0.25, 0.3) is 0 Å². The molecule has 2 nitrogen and oxygen atoms in total. The number of benzene rings is 2. The van der Waals surface area contributed by atoms with Crippen LogP contribution in [0.3, 0.4) is 0 Å². The second-order valence-electron chi connectivity index (χ2n) is 5.11. The molecule has 20 heavy (non-hydrogen) atoms. The second kappa shape index (κ2) is 5.94. The van der Waals surface area contributed by atoms with Gasteiger partial charge in [-0.05, 0) is 38.1 Å². The number of aliphatic hydroxyl groups is 1. The van der Waals surface area contributed by atoms with E-state index in [1.54, 1.807) is 19.1 Å². The summed E-state index contributed by atoms with van der Waals surface area (Å²) in [5.74, 6) is -0.351. The molecule has 106 valence electrons. The van der Waals surface area contributed by atoms with E-state index < -0.39 is 5.54 Å². The van der Waals surface area contributed by atoms with Gasteiger partial charge in [-0.25, -0.2) is 4.39 Å². The quantitative estimate of drug-likeness (QED) is 0.875. The zero-order valence-corrected chi connectivity index (χ0v) is 13.0. The van der Waals surface area contributed by atoms with Gasteiger partial charge in [0, 0.05) is 15.7 Å². The maximum atomic E-state index is 14.1. The smallest absolute Gasteiger partial charge is 0.129 e. The summed E-state index contributed by atoms with van der Waals surface area (Å²) in [6.07, 6.45) is 0. The van der Waals surface area contributed by atoms with Crippen LogP contribution in [0.2, 0.25) is 0 Å². The third kappa shape index (κ3) is 3.19. The van der Waals surface area contributed by atoms with E-state index in [0.29, 0.717) is 10.0 Å². The molecular formula is C16H17BrFNO. The lowest BCUT2D eigenvalue weighted by molar-refractivity contribution is 0.220. The van der Waals surface area contributed by atoms with Gasteiger partial charge in [0.15, 0.2) is 0 Å². The van der Waals surface area contributed by atoms with E-state index in [1.165, 1.54) is 6.07 Å². The van der Waals surface area contributed by atoms with Gasteiger partial charge < -0.3 is 10.4 Å². The molecule has 0 fully saturated rings. The van der Waals surface area contributed by atoms with Crippen molar-refractivity contribution in [2.24, 2.45) is 0 Å². The Bertz CT molecular complexity index is 600. The Morgan fingerprint density at radius 2 is 1.85 bits per heavy atom. The Hall–Kier alpha value is -1.39. The minimum atomic E-state index is -0.875. The molecule has 0 aromatic heterocycles. The largest absolute Gasteiger partial charge is 0.394 e. The lowest BCUT2D eigenvalue weighted by atomic mass is 9.92. The lowest BCUT2D eigenvalue weighted by Crippen LogP contribution is -2.36. The summed E-state index contributed by atoms with van der Waals surface area (Å²) >= 11 is 3.24. The molecule has 0 amide bonds. The topological polar surface area (TPSA) is 32.3 Å². The van der Waals surface area contributed by atoms with E-state index in [1.807, 2.05) is 31.2 Å². The fourth-order valence-corrected chi connectivity index (χ4v) is 2.42. The number of nitrogens with one attached hydrogen (secondary N) is 1. The first-order chi connectivity index (χ1) is 9.44. The van der Waals surface area contributed by atoms with Crippen LogP contribution in [-0.4, -0.2) is 11.7 Å². The number of halogens is 2. The highest BCUT2D eigenvalue weighted by Crippen LogP contribution is 2.29. The lowest BCUT2D eigenvalue weighted by Gasteiger charge is -2.31. The van der Waals surface area contributed by atoms with Crippen molar-refractivity contribution in [1.82, 2.24) is 0 Å². The van der Waals surface area contributed by atoms with Crippen molar-refractivity contribution < 1.29 is 9.50 Å². The second-order valence-corrected chi connectivity index (χ2v) is 6.02. The zero-order chi connectivity index (χ0) is 14.8. The highest BCUT2D eigenvalue weighted by molar-refractivity contribution is 9.10. The highest BCUT2D eigenvalue weighted by Gasteiger charge is 2.28. The SMILES string of the molecule is Cc1ccc(NC(C)(CO)c2ccc(Br)cc2F)cc1. The van der Waals surface area contributed by atoms with Crippen LogP contribution in [0.15, 0.2) is 46.9 Å². The van der Waals surface area contributed by atoms with Crippen LogP contribution in [0, 0.1) is 12.7 Å². The van der Waals surface area contributed by atoms with E-state index in [2.05, 4.69) is 21.2 Å². The molecule has 0 saturated heterocycles. The molecule has 0 spiro atoms. The number of aliphatic hydroxyl groups excluding tert-OH is 1. The summed E-state index contributed by atoms with van der Waals surface area (Å²) in [7, 11) is 0. The number of hydrogen-bond donors (Lipinski definition) is 2. The maximum absolute atomic E-state index is 14.1. The van der Waals surface area contributed by atoms with Gasteiger partial charge in [0.05, 0.1) is 12.1 Å². The summed E-state index contributed by atoms with van der Waals surface area (Å²) in [5.41, 5.74) is 1.55. The molecule has 2 N–H and O–H groups in total. The molecule has 0 aliphatic rings. The summed E-state index contributed by atoms with van der Waals surface area (Å²) in [4.78, 5) is 0. The monoisotopic (exact) mass is 337 g/mol. The average molecular weight is 338 g/mol. The van der Waals surface area contributed by atoms with E-state index in [-0.39, 0.29) is 12.4 Å². The normalized spacial score (nSPS) is 13.8. The van der Waals surface area contributed by atoms with Gasteiger partial charge >= 0.3 is 0 Å². The zero-order valence-electron chi connectivity index (χ0n) is 11.5. The first kappa shape index (κ1) is 15.0. The standard InChI is InChI=1S/C16H17BrFNO/c1-11-3-6-13(7-4-11)19-16(2,10-20)14-8-5-12(17)9-15(14)18/h3-9,19-20H,10H2,1-2H3. The molecule has 1 unspecified atom stereocenters. The van der Waals surface area contributed by atoms with Gasteiger partial charge in [-0.1, -0.05) is 39.7 Å². The Kier molecular flexibility index (Phi) is 4.45. The minimum Gasteiger partial charge on any atom is -0.394 e. The molecule has 0 radical (unpaired) electrons. The number of hydrogen-bond acceptors (Lipinski definition) is 2. The van der Waals surface area contributed by atoms with Crippen LogP contribution >= 0.6 is 15.9 Å². The van der Waals surface area contributed by atoms with Crippen LogP contribution in [0.4, 0.5) is 10.1 Å². The summed E-state index contributed by atoms with van der Waals surface area (Å²) < 4.78 is 14.8. The third-order valence-corrected chi connectivity index (χ3v) is 3.81. The molecule has 2 rings (SSSR count). The fourth-order valence-electron chi connectivity index (χ4n) is 2.08. The Morgan fingerprint density at radius 3 is 2.40 bits per heavy atom. The van der Waals surface area contributed by atoms with Gasteiger partial charge in [0.2, 0.25) is 0 Å². The molecule has 0 saturated carbocycles. The van der Waals surface area contributed by atoms with Crippen molar-refractivity contribution in [1.29, 1.82) is 0 Å². The van der Waals surface area contributed by atoms with Crippen molar-refractivity contribution in [3.05, 3.63) is 63.9 Å². The van der Waals surface area contributed by atoms with Crippen molar-refractivity contribution in [2.45, 2.75) is 19.4 Å². The van der Waals surface area contributed by atoms with Crippen LogP contribution in [0.5, 0.6) is 0 Å². The third-order valence-electron chi connectivity index (χ3n) is 3.31. The van der Waals surface area contributed by atoms with Crippen molar-refractivity contribution in [2.75, 3.05) is 11.9 Å². The molecule has 0 aliphatic heterocycles. The molecule has 1 atom stereocenters. The molecule has 4 heteroatoms. The average Bonchev–Trinajstić information content (AvgIpc) is 2.41. The van der Waals surface area contributed by atoms with Crippen molar-refractivity contribution in [3.8, 4) is 0 Å². The molecule has 2 aromatic carbocycles. The summed E-state index contributed by atoms with van der Waals surface area (Å²) in [5, 5.41) is 12.9. The Balaban J connectivity index is 2.35. The van der Waals surface area contributed by atoms with Gasteiger partial charge in [0.25, 0.3) is 0 Å². The number of anilines is 1. The van der Waals surface area contributed by atoms with E-state index in [4.69, 9.17) is 0 Å². The van der Waals surface area contributed by atoms with E-state index >= 15 is 0 Å². The Morgan fingerprint density at radius 1 is 1.20 bits per heavy atom. The van der Waals surface area contributed by atoms with Crippen molar-refractivity contribution >= 4 is 21.6 Å². The number of rotatable bonds is 4. The summed E-state index contributed by atoms with van der Waals surface area (Å²) in [6.45, 7) is 3.57. The first-order valence-corrected chi connectivity index (χ1v) is 7.15. The molecule has 2 aromatic rings. The van der Waals surface area contributed by atoms with Crippen LogP contribution < -0.4 is 5.32 Å². The summed E-state index contributed by atoms with van der Waals surface area (Å²) in [6, 6.07) is 12.6. The predicted octanol–water partition coefficient (Wildman–Crippen LogP) is 4.22. The molecular weight excluding hydrogens is 321 g/mol. The first-order valence-electron chi connectivity index (χ1n) is 6.36. The van der Waals surface area contributed by atoms with Crippen molar-refractivity contribution in [3.63, 3.8) is 0 Å². The van der Waals surface area contributed by atoms with Crippen LogP contribution in [0.1, 0.15) is 18.1 Å². The van der Waals surface area contributed by atoms with Gasteiger partial charge in [-0.2, -0.15) is 0 Å². The van der Waals surface area contributed by atoms with Gasteiger partial charge in [0.1, 0.15) is 5.82 Å². The molecule has 0 aliphatic carbocycles. The highest BCUT2D eigenvalue weighted by atomic mass is 79.9. The van der Waals surface area contributed by atoms with E-state index in [0.717, 1.165) is 11.3 Å². The molecule has 0 bridgehead atoms. The predicted molar refractivity (Wildman–Crippen MR) is 83.3 cm³/mol. The fraction of sp³-hybridized carbons (Fsp3) is 0.250. The van der Waals surface area contributed by atoms with E-state index in [9.17, 15) is 9.50 Å².